The predicted molar refractivity (Wildman–Crippen MR) is 54.9 cm³/mol. The monoisotopic (exact) mass is 230 g/mol. The molecule has 0 radical (unpaired) electrons. The second-order valence-electron chi connectivity index (χ2n) is 3.80. The van der Waals surface area contributed by atoms with E-state index in [9.17, 15) is 8.42 Å². The third-order valence-electron chi connectivity index (χ3n) is 2.57. The van der Waals surface area contributed by atoms with E-state index < -0.39 is 9.84 Å². The molecule has 0 saturated carbocycles. The Bertz CT molecular complexity index is 439. The van der Waals surface area contributed by atoms with Crippen molar-refractivity contribution in [2.45, 2.75) is 25.3 Å². The molecule has 3 N–H and O–H groups in total. The minimum atomic E-state index is -2.90. The molecular weight excluding hydrogens is 216 g/mol. The molecule has 2 rings (SSSR count). The zero-order chi connectivity index (χ0) is 10.9. The van der Waals surface area contributed by atoms with Gasteiger partial charge in [-0.05, 0) is 12.8 Å². The molecule has 0 aromatic carbocycles. The first kappa shape index (κ1) is 10.6. The van der Waals surface area contributed by atoms with E-state index in [2.05, 4.69) is 15.2 Å². The van der Waals surface area contributed by atoms with E-state index in [1.807, 2.05) is 0 Å². The number of nitrogens with zero attached hydrogens (tertiary/aromatic N) is 2. The van der Waals surface area contributed by atoms with E-state index >= 15 is 0 Å². The Hall–Kier alpha value is -0.950. The maximum absolute atomic E-state index is 11.4. The van der Waals surface area contributed by atoms with E-state index in [-0.39, 0.29) is 17.4 Å². The zero-order valence-corrected chi connectivity index (χ0v) is 9.13. The lowest BCUT2D eigenvalue weighted by Crippen LogP contribution is -2.24. The second kappa shape index (κ2) is 3.90. The van der Waals surface area contributed by atoms with Gasteiger partial charge in [-0.15, -0.1) is 0 Å². The van der Waals surface area contributed by atoms with Crippen molar-refractivity contribution in [3.8, 4) is 0 Å². The molecule has 6 nitrogen and oxygen atoms in total. The summed E-state index contributed by atoms with van der Waals surface area (Å²) in [5.41, 5.74) is 5.39. The molecule has 2 heterocycles. The third kappa shape index (κ3) is 2.35. The third-order valence-corrected chi connectivity index (χ3v) is 4.39. The molecule has 84 valence electrons. The van der Waals surface area contributed by atoms with Crippen LogP contribution in [0.5, 0.6) is 0 Å². The number of hydrogen-bond acceptors (Lipinski definition) is 5. The number of rotatable bonds is 2. The van der Waals surface area contributed by atoms with Crippen LogP contribution >= 0.6 is 0 Å². The summed E-state index contributed by atoms with van der Waals surface area (Å²) in [6, 6.07) is 0. The first-order valence-electron chi connectivity index (χ1n) is 4.92. The van der Waals surface area contributed by atoms with Gasteiger partial charge in [0, 0.05) is 5.92 Å². The summed E-state index contributed by atoms with van der Waals surface area (Å²) in [6.07, 6.45) is 1.53. The van der Waals surface area contributed by atoms with Crippen LogP contribution in [0.15, 0.2) is 0 Å². The Balaban J connectivity index is 2.17. The number of hydrogen-bond donors (Lipinski definition) is 2. The summed E-state index contributed by atoms with van der Waals surface area (Å²) in [5, 5.41) is 6.69. The molecular formula is C8H14N4O2S. The van der Waals surface area contributed by atoms with Crippen molar-refractivity contribution in [2.75, 3.05) is 11.5 Å². The largest absolute Gasteiger partial charge is 0.324 e. The Labute approximate surface area is 88.2 Å². The van der Waals surface area contributed by atoms with Crippen LogP contribution in [0.2, 0.25) is 0 Å². The Kier molecular flexibility index (Phi) is 2.74. The first-order valence-corrected chi connectivity index (χ1v) is 6.74. The van der Waals surface area contributed by atoms with Crippen LogP contribution in [0.3, 0.4) is 0 Å². The number of sulfone groups is 1. The molecule has 7 heteroatoms. The van der Waals surface area contributed by atoms with E-state index in [0.717, 1.165) is 6.42 Å². The molecule has 1 aromatic heterocycles. The molecule has 15 heavy (non-hydrogen) atoms. The van der Waals surface area contributed by atoms with Gasteiger partial charge in [0.2, 0.25) is 0 Å². The fourth-order valence-electron chi connectivity index (χ4n) is 1.81. The van der Waals surface area contributed by atoms with Crippen molar-refractivity contribution in [1.29, 1.82) is 0 Å². The van der Waals surface area contributed by atoms with Gasteiger partial charge >= 0.3 is 0 Å². The van der Waals surface area contributed by atoms with Crippen molar-refractivity contribution in [3.05, 3.63) is 11.6 Å². The van der Waals surface area contributed by atoms with Crippen LogP contribution in [0.4, 0.5) is 0 Å². The fraction of sp³-hybridized carbons (Fsp3) is 0.750. The van der Waals surface area contributed by atoms with Gasteiger partial charge in [-0.3, -0.25) is 5.10 Å². The lowest BCUT2D eigenvalue weighted by Gasteiger charge is -2.18. The molecule has 1 unspecified atom stereocenters. The highest BCUT2D eigenvalue weighted by Crippen LogP contribution is 2.25. The lowest BCUT2D eigenvalue weighted by molar-refractivity contribution is 0.544. The van der Waals surface area contributed by atoms with Crippen molar-refractivity contribution >= 4 is 9.84 Å². The summed E-state index contributed by atoms with van der Waals surface area (Å²) in [7, 11) is -2.90. The number of aromatic amines is 1. The molecule has 1 aromatic rings. The maximum atomic E-state index is 11.4. The van der Waals surface area contributed by atoms with Crippen LogP contribution in [0.1, 0.15) is 30.4 Å². The molecule has 0 bridgehead atoms. The number of aromatic nitrogens is 3. The van der Waals surface area contributed by atoms with E-state index in [1.165, 1.54) is 0 Å². The van der Waals surface area contributed by atoms with Gasteiger partial charge in [0.05, 0.1) is 18.1 Å². The lowest BCUT2D eigenvalue weighted by atomic mass is 10.1. The fourth-order valence-corrected chi connectivity index (χ4v) is 3.51. The van der Waals surface area contributed by atoms with Gasteiger partial charge in [0.1, 0.15) is 5.82 Å². The zero-order valence-electron chi connectivity index (χ0n) is 8.31. The van der Waals surface area contributed by atoms with Crippen LogP contribution in [-0.2, 0) is 16.4 Å². The molecule has 0 spiro atoms. The van der Waals surface area contributed by atoms with E-state index in [4.69, 9.17) is 5.73 Å². The maximum Gasteiger partial charge on any atom is 0.154 e. The summed E-state index contributed by atoms with van der Waals surface area (Å²) < 4.78 is 22.8. The molecule has 1 aliphatic rings. The quantitative estimate of drug-likeness (QED) is 0.716. The van der Waals surface area contributed by atoms with Gasteiger partial charge in [0.15, 0.2) is 15.7 Å². The smallest absolute Gasteiger partial charge is 0.154 e. The van der Waals surface area contributed by atoms with Gasteiger partial charge in [-0.25, -0.2) is 13.4 Å². The van der Waals surface area contributed by atoms with Crippen LogP contribution in [-0.4, -0.2) is 35.1 Å². The number of nitrogens with one attached hydrogen (secondary N) is 1. The Morgan fingerprint density at radius 2 is 2.33 bits per heavy atom. The average Bonchev–Trinajstić information content (AvgIpc) is 2.64. The number of nitrogens with two attached hydrogens (primary N) is 1. The van der Waals surface area contributed by atoms with Gasteiger partial charge < -0.3 is 5.73 Å². The molecule has 1 saturated heterocycles. The summed E-state index contributed by atoms with van der Waals surface area (Å²) >= 11 is 0. The molecule has 1 aliphatic heterocycles. The van der Waals surface area contributed by atoms with Crippen LogP contribution in [0, 0.1) is 0 Å². The average molecular weight is 230 g/mol. The van der Waals surface area contributed by atoms with Crippen molar-refractivity contribution in [2.24, 2.45) is 5.73 Å². The minimum Gasteiger partial charge on any atom is -0.324 e. The topological polar surface area (TPSA) is 102 Å². The highest BCUT2D eigenvalue weighted by atomic mass is 32.2. The predicted octanol–water partition coefficient (Wildman–Crippen LogP) is -0.444. The molecule has 1 fully saturated rings. The second-order valence-corrected chi connectivity index (χ2v) is 6.03. The summed E-state index contributed by atoms with van der Waals surface area (Å²) in [6.45, 7) is 0.298. The summed E-state index contributed by atoms with van der Waals surface area (Å²) in [4.78, 5) is 4.16. The Morgan fingerprint density at radius 1 is 1.53 bits per heavy atom. The first-order chi connectivity index (χ1) is 7.11. The van der Waals surface area contributed by atoms with Crippen molar-refractivity contribution < 1.29 is 8.42 Å². The van der Waals surface area contributed by atoms with Gasteiger partial charge in [-0.1, -0.05) is 0 Å². The number of H-pyrrole nitrogens is 1. The van der Waals surface area contributed by atoms with E-state index in [1.54, 1.807) is 0 Å². The van der Waals surface area contributed by atoms with Crippen LogP contribution < -0.4 is 5.73 Å². The SMILES string of the molecule is NCc1nc(C2CCCS(=O)(=O)C2)n[nH]1. The Morgan fingerprint density at radius 3 is 2.93 bits per heavy atom. The van der Waals surface area contributed by atoms with E-state index in [0.29, 0.717) is 24.6 Å². The van der Waals surface area contributed by atoms with Crippen molar-refractivity contribution in [3.63, 3.8) is 0 Å². The highest BCUT2D eigenvalue weighted by molar-refractivity contribution is 7.91. The summed E-state index contributed by atoms with van der Waals surface area (Å²) in [5.74, 6) is 1.57. The standard InChI is InChI=1S/C8H14N4O2S/c9-4-7-10-8(12-11-7)6-2-1-3-15(13,14)5-6/h6H,1-5,9H2,(H,10,11,12). The normalized spacial score (nSPS) is 25.3. The molecule has 0 aliphatic carbocycles. The highest BCUT2D eigenvalue weighted by Gasteiger charge is 2.28. The molecule has 0 amide bonds. The van der Waals surface area contributed by atoms with Crippen molar-refractivity contribution in [1.82, 2.24) is 15.2 Å². The van der Waals surface area contributed by atoms with Crippen LogP contribution in [0.25, 0.3) is 0 Å². The minimum absolute atomic E-state index is 0.0692. The van der Waals surface area contributed by atoms with Gasteiger partial charge in [0.25, 0.3) is 0 Å². The van der Waals surface area contributed by atoms with Gasteiger partial charge in [-0.2, -0.15) is 5.10 Å². The molecule has 1 atom stereocenters.